The zero-order chi connectivity index (χ0) is 21.1. The Kier molecular flexibility index (Phi) is 5.70. The van der Waals surface area contributed by atoms with Gasteiger partial charge in [-0.3, -0.25) is 4.98 Å². The minimum atomic E-state index is -3.64. The number of sulfonamides is 1. The molecular weight excluding hydrogens is 394 g/mol. The number of aryl methyl sites for hydroxylation is 2. The lowest BCUT2D eigenvalue weighted by atomic mass is 9.92. The molecule has 2 aromatic carbocycles. The summed E-state index contributed by atoms with van der Waals surface area (Å²) in [6.07, 6.45) is 6.27. The van der Waals surface area contributed by atoms with Crippen LogP contribution in [0.1, 0.15) is 29.5 Å². The van der Waals surface area contributed by atoms with Crippen LogP contribution in [0.3, 0.4) is 0 Å². The van der Waals surface area contributed by atoms with E-state index in [1.807, 2.05) is 50.4 Å². The number of aromatic nitrogens is 2. The molecule has 0 saturated heterocycles. The molecule has 4 rings (SSSR count). The molecule has 5 nitrogen and oxygen atoms in total. The number of hydrogen-bond donors (Lipinski definition) is 1. The highest BCUT2D eigenvalue weighted by Gasteiger charge is 2.24. The van der Waals surface area contributed by atoms with E-state index in [0.717, 1.165) is 27.6 Å². The Morgan fingerprint density at radius 3 is 2.57 bits per heavy atom. The van der Waals surface area contributed by atoms with Gasteiger partial charge in [0.2, 0.25) is 10.0 Å². The van der Waals surface area contributed by atoms with Gasteiger partial charge in [0.05, 0.1) is 4.90 Å². The molecule has 0 bridgehead atoms. The van der Waals surface area contributed by atoms with Crippen molar-refractivity contribution in [1.29, 1.82) is 0 Å². The van der Waals surface area contributed by atoms with Gasteiger partial charge in [-0.25, -0.2) is 13.1 Å². The number of hydrogen-bond acceptors (Lipinski definition) is 3. The van der Waals surface area contributed by atoms with Crippen LogP contribution < -0.4 is 4.72 Å². The Bertz CT molecular complexity index is 1260. The highest BCUT2D eigenvalue weighted by atomic mass is 32.2. The lowest BCUT2D eigenvalue weighted by Gasteiger charge is -2.18. The molecule has 0 amide bonds. The number of pyridine rings is 1. The fourth-order valence-electron chi connectivity index (χ4n) is 3.97. The highest BCUT2D eigenvalue weighted by molar-refractivity contribution is 7.89. The lowest BCUT2D eigenvalue weighted by Crippen LogP contribution is -2.29. The van der Waals surface area contributed by atoms with Crippen LogP contribution in [0.15, 0.2) is 84.1 Å². The smallest absolute Gasteiger partial charge is 0.240 e. The van der Waals surface area contributed by atoms with Crippen LogP contribution in [0, 0.1) is 0 Å². The van der Waals surface area contributed by atoms with Gasteiger partial charge in [-0.1, -0.05) is 49.4 Å². The topological polar surface area (TPSA) is 64.0 Å². The summed E-state index contributed by atoms with van der Waals surface area (Å²) >= 11 is 0. The molecule has 0 radical (unpaired) electrons. The maximum absolute atomic E-state index is 13.1. The van der Waals surface area contributed by atoms with E-state index in [-0.39, 0.29) is 12.5 Å². The molecule has 30 heavy (non-hydrogen) atoms. The quantitative estimate of drug-likeness (QED) is 0.487. The van der Waals surface area contributed by atoms with Crippen molar-refractivity contribution in [2.75, 3.05) is 6.54 Å². The molecule has 2 aromatic heterocycles. The number of benzene rings is 2. The van der Waals surface area contributed by atoms with Crippen LogP contribution in [-0.2, 0) is 23.5 Å². The second-order valence-corrected chi connectivity index (χ2v) is 9.10. The molecule has 0 unspecified atom stereocenters. The molecule has 1 N–H and O–H groups in total. The van der Waals surface area contributed by atoms with E-state index in [4.69, 9.17) is 0 Å². The maximum atomic E-state index is 13.1. The third-order valence-electron chi connectivity index (χ3n) is 5.51. The van der Waals surface area contributed by atoms with Crippen molar-refractivity contribution in [3.05, 3.63) is 95.9 Å². The molecule has 1 atom stereocenters. The lowest BCUT2D eigenvalue weighted by molar-refractivity contribution is 0.576. The van der Waals surface area contributed by atoms with Gasteiger partial charge >= 0.3 is 0 Å². The van der Waals surface area contributed by atoms with Crippen LogP contribution in [0.2, 0.25) is 0 Å². The maximum Gasteiger partial charge on any atom is 0.240 e. The van der Waals surface area contributed by atoms with E-state index in [1.165, 1.54) is 0 Å². The molecule has 0 aliphatic carbocycles. The summed E-state index contributed by atoms with van der Waals surface area (Å²) < 4.78 is 31.2. The van der Waals surface area contributed by atoms with Crippen LogP contribution >= 0.6 is 0 Å². The van der Waals surface area contributed by atoms with E-state index in [9.17, 15) is 8.42 Å². The summed E-state index contributed by atoms with van der Waals surface area (Å²) in [6, 6.07) is 19.2. The molecule has 0 aliphatic rings. The summed E-state index contributed by atoms with van der Waals surface area (Å²) in [6.45, 7) is 2.21. The van der Waals surface area contributed by atoms with Gasteiger partial charge < -0.3 is 4.57 Å². The van der Waals surface area contributed by atoms with Gasteiger partial charge in [0.1, 0.15) is 0 Å². The number of fused-ring (bicyclic) bond motifs is 1. The average Bonchev–Trinajstić information content (AvgIpc) is 3.11. The van der Waals surface area contributed by atoms with Gasteiger partial charge in [0.25, 0.3) is 0 Å². The van der Waals surface area contributed by atoms with Crippen LogP contribution in [0.4, 0.5) is 0 Å². The summed E-state index contributed by atoms with van der Waals surface area (Å²) in [5.41, 5.74) is 3.97. The third-order valence-corrected chi connectivity index (χ3v) is 7.03. The summed E-state index contributed by atoms with van der Waals surface area (Å²) in [5.74, 6) is -0.159. The van der Waals surface area contributed by atoms with Crippen LogP contribution in [-0.4, -0.2) is 24.5 Å². The first-order chi connectivity index (χ1) is 14.5. The van der Waals surface area contributed by atoms with Crippen molar-refractivity contribution in [3.63, 3.8) is 0 Å². The molecule has 6 heteroatoms. The minimum Gasteiger partial charge on any atom is -0.350 e. The van der Waals surface area contributed by atoms with Gasteiger partial charge in [-0.05, 0) is 41.3 Å². The van der Waals surface area contributed by atoms with E-state index < -0.39 is 10.0 Å². The number of nitrogens with one attached hydrogen (secondary N) is 1. The van der Waals surface area contributed by atoms with E-state index >= 15 is 0 Å². The predicted octanol–water partition coefficient (Wildman–Crippen LogP) is 4.25. The van der Waals surface area contributed by atoms with E-state index in [0.29, 0.717) is 11.3 Å². The van der Waals surface area contributed by atoms with Crippen molar-refractivity contribution in [1.82, 2.24) is 14.3 Å². The molecule has 0 fully saturated rings. The predicted molar refractivity (Wildman–Crippen MR) is 120 cm³/mol. The van der Waals surface area contributed by atoms with E-state index in [2.05, 4.69) is 32.6 Å². The van der Waals surface area contributed by atoms with Gasteiger partial charge in [-0.15, -0.1) is 0 Å². The van der Waals surface area contributed by atoms with Crippen LogP contribution in [0.5, 0.6) is 0 Å². The monoisotopic (exact) mass is 419 g/mol. The molecule has 4 aromatic rings. The molecule has 0 spiro atoms. The normalized spacial score (nSPS) is 12.9. The van der Waals surface area contributed by atoms with Gasteiger partial charge in [-0.2, -0.15) is 0 Å². The number of nitrogens with zero attached hydrogens (tertiary/aromatic N) is 2. The van der Waals surface area contributed by atoms with Crippen molar-refractivity contribution < 1.29 is 8.42 Å². The summed E-state index contributed by atoms with van der Waals surface area (Å²) in [4.78, 5) is 4.61. The third kappa shape index (κ3) is 3.88. The Hall–Kier alpha value is -2.96. The van der Waals surface area contributed by atoms with Gasteiger partial charge in [0.15, 0.2) is 0 Å². The molecule has 0 saturated carbocycles. The van der Waals surface area contributed by atoms with Crippen LogP contribution in [0.25, 0.3) is 10.9 Å². The first-order valence-corrected chi connectivity index (χ1v) is 11.5. The molecule has 2 heterocycles. The second-order valence-electron chi connectivity index (χ2n) is 7.36. The first kappa shape index (κ1) is 20.3. The average molecular weight is 420 g/mol. The zero-order valence-corrected chi connectivity index (χ0v) is 17.9. The fraction of sp³-hybridized carbons (Fsp3) is 0.208. The Morgan fingerprint density at radius 1 is 1.03 bits per heavy atom. The number of rotatable bonds is 7. The Balaban J connectivity index is 1.73. The number of para-hydroxylation sites is 1. The second kappa shape index (κ2) is 8.42. The van der Waals surface area contributed by atoms with Crippen molar-refractivity contribution >= 4 is 20.9 Å². The standard InChI is InChI=1S/C24H25N3O2S/c1-3-18-9-4-7-13-24(18)30(28,29)26-16-21(19-10-8-14-25-15-19)22-17-27(2)23-12-6-5-11-20(22)23/h4-15,17,21,26H,3,16H2,1-2H3/t21-/m0/s1. The largest absolute Gasteiger partial charge is 0.350 e. The zero-order valence-electron chi connectivity index (χ0n) is 17.1. The SMILES string of the molecule is CCc1ccccc1S(=O)(=O)NC[C@@H](c1cccnc1)c1cn(C)c2ccccc12. The van der Waals surface area contributed by atoms with Crippen molar-refractivity contribution in [2.45, 2.75) is 24.2 Å². The van der Waals surface area contributed by atoms with E-state index in [1.54, 1.807) is 24.5 Å². The molecule has 0 aliphatic heterocycles. The molecular formula is C24H25N3O2S. The Morgan fingerprint density at radius 2 is 1.80 bits per heavy atom. The fourth-order valence-corrected chi connectivity index (χ4v) is 5.33. The first-order valence-electron chi connectivity index (χ1n) is 10.0. The summed E-state index contributed by atoms with van der Waals surface area (Å²) in [7, 11) is -1.63. The van der Waals surface area contributed by atoms with Crippen molar-refractivity contribution in [2.24, 2.45) is 7.05 Å². The van der Waals surface area contributed by atoms with Gasteiger partial charge in [0, 0.05) is 49.0 Å². The highest BCUT2D eigenvalue weighted by Crippen LogP contribution is 2.32. The minimum absolute atomic E-state index is 0.159. The summed E-state index contributed by atoms with van der Waals surface area (Å²) in [5, 5.41) is 1.11. The Labute approximate surface area is 177 Å². The van der Waals surface area contributed by atoms with Crippen molar-refractivity contribution in [3.8, 4) is 0 Å². The molecule has 154 valence electrons.